The minimum absolute atomic E-state index is 0. The van der Waals surface area contributed by atoms with Crippen molar-refractivity contribution in [2.24, 2.45) is 0 Å². The van der Waals surface area contributed by atoms with E-state index in [0.717, 1.165) is 12.7 Å². The number of ether oxygens (including phenoxy) is 2. The number of hydrogen-bond acceptors (Lipinski definition) is 20. The molecule has 0 saturated carbocycles. The summed E-state index contributed by atoms with van der Waals surface area (Å²) >= 11 is 0. The Morgan fingerprint density at radius 3 is 1.38 bits per heavy atom. The van der Waals surface area contributed by atoms with Crippen molar-refractivity contribution >= 4 is 113 Å². The van der Waals surface area contributed by atoms with Crippen molar-refractivity contribution in [2.45, 2.75) is 49.1 Å². The van der Waals surface area contributed by atoms with E-state index in [1.165, 1.54) is 21.8 Å². The number of aliphatic hydroxyl groups excluding tert-OH is 4. The Morgan fingerprint density at radius 2 is 1.04 bits per heavy atom. The Balaban J connectivity index is 0.000000250. The van der Waals surface area contributed by atoms with Gasteiger partial charge in [-0.05, 0) is 0 Å². The molecule has 0 aliphatic carbocycles. The molecule has 0 amide bonds. The molecule has 48 heavy (non-hydrogen) atoms. The van der Waals surface area contributed by atoms with E-state index in [1.54, 1.807) is 0 Å². The average Bonchev–Trinajstić information content (AvgIpc) is 3.73. The molecule has 2 aliphatic rings. The van der Waals surface area contributed by atoms with Crippen molar-refractivity contribution in [3.05, 3.63) is 46.0 Å². The van der Waals surface area contributed by atoms with E-state index in [-0.39, 0.29) is 97.8 Å². The zero-order valence-corrected chi connectivity index (χ0v) is 30.2. The predicted octanol–water partition coefficient (Wildman–Crippen LogP) is -7.59. The van der Waals surface area contributed by atoms with Gasteiger partial charge in [0.1, 0.15) is 36.6 Å². The molecular formula is C20H22Ca2N8O16P2. The summed E-state index contributed by atoms with van der Waals surface area (Å²) in [5.74, 6) is 0. The van der Waals surface area contributed by atoms with Gasteiger partial charge in [0.2, 0.25) is 0 Å². The van der Waals surface area contributed by atoms with Gasteiger partial charge in [0.25, 0.3) is 11.1 Å². The maximum Gasteiger partial charge on any atom is 2.00 e. The first-order valence-electron chi connectivity index (χ1n) is 12.7. The largest absolute Gasteiger partial charge is 2.00 e. The first-order chi connectivity index (χ1) is 21.6. The summed E-state index contributed by atoms with van der Waals surface area (Å²) in [7, 11) is -10.5. The Bertz CT molecular complexity index is 1780. The maximum atomic E-state index is 11.6. The molecule has 8 atom stereocenters. The van der Waals surface area contributed by atoms with Gasteiger partial charge in [-0.2, -0.15) is 0 Å². The van der Waals surface area contributed by atoms with Gasteiger partial charge in [0.05, 0.1) is 54.2 Å². The number of fused-ring (bicyclic) bond motifs is 2. The van der Waals surface area contributed by atoms with Crippen LogP contribution in [-0.4, -0.2) is 185 Å². The van der Waals surface area contributed by atoms with Crippen LogP contribution < -0.4 is 30.7 Å². The molecule has 252 valence electrons. The van der Waals surface area contributed by atoms with Crippen molar-refractivity contribution in [1.82, 2.24) is 39.0 Å². The topological polar surface area (TPSA) is 371 Å². The van der Waals surface area contributed by atoms with E-state index in [4.69, 9.17) is 9.47 Å². The number of hydrogen-bond donors (Lipinski definition) is 6. The number of aliphatic hydroxyl groups is 4. The van der Waals surface area contributed by atoms with Crippen LogP contribution in [0.25, 0.3) is 22.3 Å². The number of H-pyrrole nitrogens is 2. The fraction of sp³-hybridized carbons (Fsp3) is 0.500. The van der Waals surface area contributed by atoms with Crippen LogP contribution in [-0.2, 0) is 27.7 Å². The molecule has 2 saturated heterocycles. The van der Waals surface area contributed by atoms with Crippen LogP contribution in [0.4, 0.5) is 0 Å². The van der Waals surface area contributed by atoms with E-state index in [0.29, 0.717) is 0 Å². The van der Waals surface area contributed by atoms with Crippen LogP contribution in [0.3, 0.4) is 0 Å². The van der Waals surface area contributed by atoms with E-state index in [9.17, 15) is 58.7 Å². The summed E-state index contributed by atoms with van der Waals surface area (Å²) < 4.78 is 42.2. The first kappa shape index (κ1) is 41.6. The molecule has 4 aromatic rings. The van der Waals surface area contributed by atoms with Gasteiger partial charge in [0.15, 0.2) is 34.8 Å². The second-order valence-electron chi connectivity index (χ2n) is 9.69. The van der Waals surface area contributed by atoms with E-state index in [2.05, 4.69) is 39.0 Å². The van der Waals surface area contributed by atoms with Crippen molar-refractivity contribution in [3.8, 4) is 0 Å². The first-order valence-corrected chi connectivity index (χ1v) is 15.6. The number of nitrogens with zero attached hydrogens (tertiary/aromatic N) is 6. The minimum atomic E-state index is -5.24. The summed E-state index contributed by atoms with van der Waals surface area (Å²) in [5, 5.41) is 39.8. The number of phosphoric ester groups is 2. The monoisotopic (exact) mass is 772 g/mol. The quantitative estimate of drug-likeness (QED) is 0.0715. The van der Waals surface area contributed by atoms with Gasteiger partial charge in [0, 0.05) is 0 Å². The molecule has 28 heteroatoms. The Hall–Kier alpha value is -0.801. The van der Waals surface area contributed by atoms with Crippen LogP contribution >= 0.6 is 15.6 Å². The SMILES string of the molecule is O=c1[nH]cnc2c1ncn2[C@@H]1O[C@H](COP(=O)([O-])[O-])[C@@H](O)[C@H]1O.O=c1[nH]cnc2c1ncn2[C@@H]1O[C@H](COP(=O)([O-])[O-])[C@@H](O)[C@H]1O.[Ca+2].[Ca+2]. The third-order valence-corrected chi connectivity index (χ3v) is 7.68. The van der Waals surface area contributed by atoms with Crippen molar-refractivity contribution in [3.63, 3.8) is 0 Å². The second-order valence-corrected chi connectivity index (χ2v) is 12.0. The molecule has 6 N–H and O–H groups in total. The van der Waals surface area contributed by atoms with Gasteiger partial charge in [-0.25, -0.2) is 19.9 Å². The summed E-state index contributed by atoms with van der Waals surface area (Å²) in [6, 6.07) is 0. The van der Waals surface area contributed by atoms with Crippen LogP contribution in [0.1, 0.15) is 12.5 Å². The predicted molar refractivity (Wildman–Crippen MR) is 147 cm³/mol. The van der Waals surface area contributed by atoms with Crippen LogP contribution in [0.2, 0.25) is 0 Å². The van der Waals surface area contributed by atoms with Crippen molar-refractivity contribution in [1.29, 1.82) is 0 Å². The normalized spacial score (nSPS) is 27.3. The zero-order chi connectivity index (χ0) is 33.6. The van der Waals surface area contributed by atoms with Gasteiger partial charge in [-0.1, -0.05) is 0 Å². The summed E-state index contributed by atoms with van der Waals surface area (Å²) in [6.45, 7) is -1.50. The summed E-state index contributed by atoms with van der Waals surface area (Å²) in [4.78, 5) is 85.3. The number of phosphoric acid groups is 2. The Labute approximate surface area is 325 Å². The van der Waals surface area contributed by atoms with Gasteiger partial charge in [-0.3, -0.25) is 18.7 Å². The van der Waals surface area contributed by atoms with E-state index < -0.39 is 89.1 Å². The molecule has 0 aromatic carbocycles. The zero-order valence-electron chi connectivity index (χ0n) is 24.0. The van der Waals surface area contributed by atoms with E-state index in [1.807, 2.05) is 0 Å². The fourth-order valence-corrected chi connectivity index (χ4v) is 5.28. The van der Waals surface area contributed by atoms with Crippen LogP contribution in [0.5, 0.6) is 0 Å². The molecule has 0 spiro atoms. The van der Waals surface area contributed by atoms with Crippen molar-refractivity contribution in [2.75, 3.05) is 13.2 Å². The second kappa shape index (κ2) is 16.7. The summed E-state index contributed by atoms with van der Waals surface area (Å²) in [5.41, 5.74) is -0.794. The molecule has 24 nitrogen and oxygen atoms in total. The number of rotatable bonds is 8. The van der Waals surface area contributed by atoms with Crippen molar-refractivity contribution < 1.29 is 67.7 Å². The molecule has 6 rings (SSSR count). The maximum absolute atomic E-state index is 11.6. The average molecular weight is 773 g/mol. The fourth-order valence-electron chi connectivity index (χ4n) is 4.62. The van der Waals surface area contributed by atoms with E-state index >= 15 is 0 Å². The summed E-state index contributed by atoms with van der Waals surface area (Å²) in [6.07, 6.45) is -6.22. The smallest absolute Gasteiger partial charge is 0.790 e. The molecule has 6 heterocycles. The molecule has 0 radical (unpaired) electrons. The number of aromatic nitrogens is 8. The number of imidazole rings is 2. The molecule has 2 aliphatic heterocycles. The molecule has 0 unspecified atom stereocenters. The minimum Gasteiger partial charge on any atom is -0.790 e. The molecular weight excluding hydrogens is 750 g/mol. The number of aromatic amines is 2. The molecule has 2 fully saturated rings. The van der Waals surface area contributed by atoms with Crippen LogP contribution in [0.15, 0.2) is 34.9 Å². The van der Waals surface area contributed by atoms with Gasteiger partial charge < -0.3 is 77.6 Å². The number of nitrogens with one attached hydrogen (secondary N) is 2. The third kappa shape index (κ3) is 9.35. The molecule has 0 bridgehead atoms. The Morgan fingerprint density at radius 1 is 0.688 bits per heavy atom. The third-order valence-electron chi connectivity index (χ3n) is 6.75. The van der Waals surface area contributed by atoms with Gasteiger partial charge >= 0.3 is 75.5 Å². The Kier molecular flexibility index (Phi) is 14.5. The standard InChI is InChI=1S/2C10H13N4O8P.2Ca/c2*15-6-4(1-21-23(18,19)20)22-10(7(6)16)14-3-13-5-8(14)11-2-12-9(5)17;;/h2*2-4,6-7,10,15-16H,1H2,(H,11,12,17)(H2,18,19,20);;/q;;2*+2/p-4/t2*4-,6-,7-,10-;;/m11../s1. The van der Waals surface area contributed by atoms with Crippen LogP contribution in [0, 0.1) is 0 Å². The van der Waals surface area contributed by atoms with Gasteiger partial charge in [-0.15, -0.1) is 0 Å². The molecule has 4 aromatic heterocycles.